The van der Waals surface area contributed by atoms with Gasteiger partial charge in [0.15, 0.2) is 17.7 Å². The van der Waals surface area contributed by atoms with Gasteiger partial charge in [0, 0.05) is 34.3 Å². The van der Waals surface area contributed by atoms with Crippen molar-refractivity contribution < 1.29 is 23.4 Å². The van der Waals surface area contributed by atoms with E-state index in [1.54, 1.807) is 30.7 Å². The minimum atomic E-state index is -1.10. The highest BCUT2D eigenvalue weighted by Gasteiger charge is 2.70. The van der Waals surface area contributed by atoms with E-state index in [2.05, 4.69) is 10.3 Å². The number of ether oxygens (including phenoxy) is 1. The van der Waals surface area contributed by atoms with E-state index in [1.165, 1.54) is 12.1 Å². The number of halogens is 4. The molecular weight excluding hydrogens is 487 g/mol. The molecule has 2 aromatic carbocycles. The van der Waals surface area contributed by atoms with E-state index >= 15 is 0 Å². The molecule has 2 heterocycles. The minimum absolute atomic E-state index is 0.0461. The number of hydrogen-bond donors (Lipinski definition) is 2. The number of rotatable bonds is 4. The topological polar surface area (TPSA) is 76.4 Å². The van der Waals surface area contributed by atoms with Crippen LogP contribution in [0.4, 0.5) is 8.78 Å². The molecule has 2 atom stereocenters. The molecule has 1 aliphatic heterocycles. The summed E-state index contributed by atoms with van der Waals surface area (Å²) in [6.45, 7) is 0. The van der Waals surface area contributed by atoms with Crippen LogP contribution < -0.4 is 10.1 Å². The van der Waals surface area contributed by atoms with Crippen molar-refractivity contribution in [3.05, 3.63) is 70.1 Å². The van der Waals surface area contributed by atoms with Crippen LogP contribution in [0.2, 0.25) is 10.0 Å². The number of benzene rings is 2. The van der Waals surface area contributed by atoms with Crippen LogP contribution in [0.15, 0.2) is 42.9 Å². The lowest BCUT2D eigenvalue weighted by atomic mass is 9.44. The summed E-state index contributed by atoms with van der Waals surface area (Å²) >= 11 is 11.6. The van der Waals surface area contributed by atoms with Gasteiger partial charge in [-0.25, -0.2) is 13.8 Å². The average molecular weight is 506 g/mol. The molecule has 0 saturated heterocycles. The number of nitrogens with zero attached hydrogens (tertiary/aromatic N) is 2. The predicted molar refractivity (Wildman–Crippen MR) is 121 cm³/mol. The van der Waals surface area contributed by atoms with Crippen LogP contribution in [0.1, 0.15) is 37.4 Å². The Balaban J connectivity index is 1.12. The average Bonchev–Trinajstić information content (AvgIpc) is 3.23. The van der Waals surface area contributed by atoms with Crippen LogP contribution in [0, 0.1) is 11.6 Å². The second-order valence-electron chi connectivity index (χ2n) is 9.45. The van der Waals surface area contributed by atoms with E-state index in [0.717, 1.165) is 0 Å². The number of carbonyl (C=O) groups excluding carboxylic acids is 1. The molecule has 10 heteroatoms. The van der Waals surface area contributed by atoms with Crippen LogP contribution >= 0.6 is 23.2 Å². The number of carbonyl (C=O) groups is 1. The molecule has 3 aliphatic carbocycles. The quantitative estimate of drug-likeness (QED) is 0.501. The van der Waals surface area contributed by atoms with Crippen LogP contribution in [-0.2, 0) is 10.3 Å². The molecule has 4 aliphatic rings. The lowest BCUT2D eigenvalue weighted by Crippen LogP contribution is -2.79. The normalized spacial score (nSPS) is 28.9. The number of aromatic nitrogens is 2. The Kier molecular flexibility index (Phi) is 4.76. The van der Waals surface area contributed by atoms with E-state index in [9.17, 15) is 18.7 Å². The molecule has 176 valence electrons. The van der Waals surface area contributed by atoms with Crippen molar-refractivity contribution in [2.45, 2.75) is 49.0 Å². The first-order valence-corrected chi connectivity index (χ1v) is 11.6. The Hall–Kier alpha value is -2.68. The van der Waals surface area contributed by atoms with Crippen molar-refractivity contribution >= 4 is 29.1 Å². The SMILES string of the molecule is O=C(NC12CC(n3cnc(-c4ccc(Cl)c(F)c4F)c3)(C1)C2)[C@H]1C[C@@H](O)c2cc(Cl)ccc2O1. The predicted octanol–water partition coefficient (Wildman–Crippen LogP) is 4.77. The monoisotopic (exact) mass is 505 g/mol. The summed E-state index contributed by atoms with van der Waals surface area (Å²) in [6.07, 6.45) is 3.90. The summed E-state index contributed by atoms with van der Waals surface area (Å²) in [5.74, 6) is -1.94. The molecule has 0 unspecified atom stereocenters. The first kappa shape index (κ1) is 21.8. The number of aliphatic hydroxyl groups is 1. The van der Waals surface area contributed by atoms with Crippen molar-refractivity contribution in [2.75, 3.05) is 0 Å². The summed E-state index contributed by atoms with van der Waals surface area (Å²) < 4.78 is 35.9. The minimum Gasteiger partial charge on any atom is -0.480 e. The summed E-state index contributed by atoms with van der Waals surface area (Å²) in [4.78, 5) is 17.2. The summed E-state index contributed by atoms with van der Waals surface area (Å²) in [7, 11) is 0. The fraction of sp³-hybridized carbons (Fsp3) is 0.333. The first-order chi connectivity index (χ1) is 16.2. The Morgan fingerprint density at radius 3 is 2.71 bits per heavy atom. The van der Waals surface area contributed by atoms with Gasteiger partial charge in [-0.3, -0.25) is 4.79 Å². The van der Waals surface area contributed by atoms with Crippen LogP contribution in [0.25, 0.3) is 11.3 Å². The highest BCUT2D eigenvalue weighted by molar-refractivity contribution is 6.31. The summed E-state index contributed by atoms with van der Waals surface area (Å²) in [6, 6.07) is 7.66. The third-order valence-corrected chi connectivity index (χ3v) is 7.69. The number of imidazole rings is 1. The van der Waals surface area contributed by atoms with Crippen molar-refractivity contribution in [3.8, 4) is 17.0 Å². The van der Waals surface area contributed by atoms with Gasteiger partial charge in [0.25, 0.3) is 5.91 Å². The molecular formula is C24H19Cl2F2N3O3. The van der Waals surface area contributed by atoms with Gasteiger partial charge < -0.3 is 19.7 Å². The van der Waals surface area contributed by atoms with Gasteiger partial charge in [-0.15, -0.1) is 0 Å². The zero-order valence-electron chi connectivity index (χ0n) is 17.7. The standard InChI is InChI=1S/C24H19Cl2F2N3O3/c25-12-1-4-18-14(5-12)17(32)6-19(34-18)22(33)30-23-8-24(9-23,10-23)31-7-16(29-11-31)13-2-3-15(26)21(28)20(13)27/h1-5,7,11,17,19,32H,6,8-10H2,(H,30,33)/t17-,19-,23?,24?/m1/s1. The van der Waals surface area contributed by atoms with Crippen LogP contribution in [0.5, 0.6) is 5.75 Å². The van der Waals surface area contributed by atoms with Crippen molar-refractivity contribution in [1.29, 1.82) is 0 Å². The summed E-state index contributed by atoms with van der Waals surface area (Å²) in [5, 5.41) is 13.7. The van der Waals surface area contributed by atoms with Crippen LogP contribution in [0.3, 0.4) is 0 Å². The molecule has 6 nitrogen and oxygen atoms in total. The maximum atomic E-state index is 14.3. The number of aliphatic hydroxyl groups excluding tert-OH is 1. The van der Waals surface area contributed by atoms with E-state index in [4.69, 9.17) is 27.9 Å². The second-order valence-corrected chi connectivity index (χ2v) is 10.3. The molecule has 34 heavy (non-hydrogen) atoms. The highest BCUT2D eigenvalue weighted by atomic mass is 35.5. The van der Waals surface area contributed by atoms with Crippen LogP contribution in [-0.4, -0.2) is 32.2 Å². The number of hydrogen-bond acceptors (Lipinski definition) is 4. The van der Waals surface area contributed by atoms with Gasteiger partial charge in [0.2, 0.25) is 0 Å². The third kappa shape index (κ3) is 3.23. The smallest absolute Gasteiger partial charge is 0.261 e. The Labute approximate surface area is 203 Å². The second kappa shape index (κ2) is 7.41. The zero-order chi connectivity index (χ0) is 23.8. The number of nitrogens with one attached hydrogen (secondary N) is 1. The zero-order valence-corrected chi connectivity index (χ0v) is 19.2. The van der Waals surface area contributed by atoms with E-state index in [1.807, 2.05) is 4.57 Å². The summed E-state index contributed by atoms with van der Waals surface area (Å²) in [5.41, 5.74) is 0.391. The molecule has 3 fully saturated rings. The van der Waals surface area contributed by atoms with Crippen molar-refractivity contribution in [2.24, 2.45) is 0 Å². The molecule has 0 radical (unpaired) electrons. The van der Waals surface area contributed by atoms with Crippen molar-refractivity contribution in [3.63, 3.8) is 0 Å². The molecule has 3 saturated carbocycles. The lowest BCUT2D eigenvalue weighted by molar-refractivity contribution is -0.161. The lowest BCUT2D eigenvalue weighted by Gasteiger charge is -2.70. The fourth-order valence-corrected chi connectivity index (χ4v) is 5.83. The molecule has 3 aromatic rings. The van der Waals surface area contributed by atoms with E-state index in [0.29, 0.717) is 41.3 Å². The Bertz CT molecular complexity index is 1330. The molecule has 0 spiro atoms. The van der Waals surface area contributed by atoms with Gasteiger partial charge >= 0.3 is 0 Å². The van der Waals surface area contributed by atoms with Gasteiger partial charge in [-0.2, -0.15) is 0 Å². The highest BCUT2D eigenvalue weighted by Crippen LogP contribution is 2.65. The van der Waals surface area contributed by atoms with E-state index in [-0.39, 0.29) is 34.0 Å². The maximum absolute atomic E-state index is 14.3. The molecule has 1 aromatic heterocycles. The molecule has 1 amide bonds. The third-order valence-electron chi connectivity index (χ3n) is 7.16. The molecule has 2 bridgehead atoms. The Morgan fingerprint density at radius 2 is 1.94 bits per heavy atom. The maximum Gasteiger partial charge on any atom is 0.261 e. The van der Waals surface area contributed by atoms with E-state index < -0.39 is 23.8 Å². The van der Waals surface area contributed by atoms with Gasteiger partial charge in [-0.1, -0.05) is 23.2 Å². The molecule has 7 rings (SSSR count). The van der Waals surface area contributed by atoms with Gasteiger partial charge in [0.05, 0.1) is 28.7 Å². The largest absolute Gasteiger partial charge is 0.480 e. The number of amides is 1. The fourth-order valence-electron chi connectivity index (χ4n) is 5.51. The molecule has 2 N–H and O–H groups in total. The number of fused-ring (bicyclic) bond motifs is 1. The van der Waals surface area contributed by atoms with Gasteiger partial charge in [-0.05, 0) is 49.6 Å². The first-order valence-electron chi connectivity index (χ1n) is 10.8. The Morgan fingerprint density at radius 1 is 1.18 bits per heavy atom. The van der Waals surface area contributed by atoms with Gasteiger partial charge in [0.1, 0.15) is 5.75 Å². The van der Waals surface area contributed by atoms with Crippen molar-refractivity contribution in [1.82, 2.24) is 14.9 Å².